The third-order valence-electron chi connectivity index (χ3n) is 2.63. The largest absolute Gasteiger partial charge is 0.287 e. The lowest BCUT2D eigenvalue weighted by atomic mass is 9.91. The number of fused-ring (bicyclic) bond motifs is 2. The maximum atomic E-state index is 12.1. The molecule has 2 heterocycles. The fraction of sp³-hybridized carbons (Fsp3) is 0.0833. The second kappa shape index (κ2) is 3.28. The van der Waals surface area contributed by atoms with E-state index >= 15 is 0 Å². The summed E-state index contributed by atoms with van der Waals surface area (Å²) in [6, 6.07) is 1.53. The third-order valence-corrected chi connectivity index (χ3v) is 2.63. The van der Waals surface area contributed by atoms with Crippen molar-refractivity contribution in [2.75, 3.05) is 0 Å². The lowest BCUT2D eigenvalue weighted by Gasteiger charge is -2.14. The van der Waals surface area contributed by atoms with Crippen LogP contribution in [-0.4, -0.2) is 26.5 Å². The van der Waals surface area contributed by atoms with E-state index in [1.54, 1.807) is 6.92 Å². The summed E-state index contributed by atoms with van der Waals surface area (Å²) in [6.45, 7) is 1.73. The Balaban J connectivity index is 2.33. The zero-order valence-electron chi connectivity index (χ0n) is 8.97. The van der Waals surface area contributed by atoms with Crippen molar-refractivity contribution in [2.45, 2.75) is 6.92 Å². The maximum Gasteiger partial charge on any atom is 0.216 e. The van der Waals surface area contributed by atoms with Crippen LogP contribution in [0.1, 0.15) is 37.8 Å². The Bertz CT molecular complexity index is 665. The van der Waals surface area contributed by atoms with Crippen LogP contribution in [0.4, 0.5) is 0 Å². The normalized spacial score (nSPS) is 13.2. The fourth-order valence-corrected chi connectivity index (χ4v) is 1.83. The van der Waals surface area contributed by atoms with Gasteiger partial charge in [0.2, 0.25) is 11.6 Å². The van der Waals surface area contributed by atoms with Crippen molar-refractivity contribution in [3.63, 3.8) is 0 Å². The standard InChI is InChI=1S/C12H7N3O2/c1-6-4-14-9-10(15-6)11(16)7-2-3-13-5-8(7)12(9)17/h2-5H,1H3. The molecule has 0 aliphatic heterocycles. The van der Waals surface area contributed by atoms with Gasteiger partial charge in [-0.1, -0.05) is 0 Å². The van der Waals surface area contributed by atoms with Crippen molar-refractivity contribution in [2.24, 2.45) is 0 Å². The number of ketones is 2. The van der Waals surface area contributed by atoms with Crippen LogP contribution in [0, 0.1) is 6.92 Å². The predicted molar refractivity (Wildman–Crippen MR) is 57.9 cm³/mol. The summed E-state index contributed by atoms with van der Waals surface area (Å²) in [6.07, 6.45) is 4.35. The molecule has 0 amide bonds. The van der Waals surface area contributed by atoms with E-state index in [9.17, 15) is 9.59 Å². The molecule has 0 radical (unpaired) electrons. The minimum Gasteiger partial charge on any atom is -0.287 e. The molecule has 0 unspecified atom stereocenters. The Kier molecular flexibility index (Phi) is 1.89. The second-order valence-corrected chi connectivity index (χ2v) is 3.79. The minimum absolute atomic E-state index is 0.112. The Morgan fingerprint density at radius 1 is 1.00 bits per heavy atom. The van der Waals surface area contributed by atoms with Gasteiger partial charge in [0.25, 0.3) is 0 Å². The van der Waals surface area contributed by atoms with Crippen molar-refractivity contribution < 1.29 is 9.59 Å². The first-order valence-corrected chi connectivity index (χ1v) is 5.05. The Morgan fingerprint density at radius 2 is 1.76 bits per heavy atom. The van der Waals surface area contributed by atoms with Gasteiger partial charge >= 0.3 is 0 Å². The van der Waals surface area contributed by atoms with Gasteiger partial charge in [0.05, 0.1) is 11.3 Å². The van der Waals surface area contributed by atoms with Crippen molar-refractivity contribution in [3.8, 4) is 0 Å². The number of aromatic nitrogens is 3. The molecule has 0 spiro atoms. The van der Waals surface area contributed by atoms with E-state index in [0.717, 1.165) is 0 Å². The highest BCUT2D eigenvalue weighted by molar-refractivity contribution is 6.26. The number of rotatable bonds is 0. The molecule has 0 fully saturated rings. The molecule has 5 heteroatoms. The molecule has 2 aromatic heterocycles. The smallest absolute Gasteiger partial charge is 0.216 e. The Hall–Kier alpha value is -2.43. The Labute approximate surface area is 96.6 Å². The molecule has 3 rings (SSSR count). The van der Waals surface area contributed by atoms with E-state index in [-0.39, 0.29) is 23.0 Å². The average Bonchev–Trinajstić information content (AvgIpc) is 2.36. The summed E-state index contributed by atoms with van der Waals surface area (Å²) >= 11 is 0. The summed E-state index contributed by atoms with van der Waals surface area (Å²) in [4.78, 5) is 36.1. The minimum atomic E-state index is -0.296. The predicted octanol–water partition coefficient (Wildman–Crippen LogP) is 0.955. The van der Waals surface area contributed by atoms with Crippen LogP contribution in [0.3, 0.4) is 0 Å². The van der Waals surface area contributed by atoms with Crippen LogP contribution in [0.5, 0.6) is 0 Å². The van der Waals surface area contributed by atoms with Gasteiger partial charge in [0.1, 0.15) is 11.4 Å². The molecule has 0 saturated carbocycles. The molecule has 0 saturated heterocycles. The number of hydrogen-bond donors (Lipinski definition) is 0. The summed E-state index contributed by atoms with van der Waals surface area (Å²) in [5.74, 6) is -0.566. The summed E-state index contributed by atoms with van der Waals surface area (Å²) in [5, 5.41) is 0. The van der Waals surface area contributed by atoms with Crippen molar-refractivity contribution in [1.82, 2.24) is 15.0 Å². The molecule has 5 nitrogen and oxygen atoms in total. The first kappa shape index (κ1) is 9.77. The van der Waals surface area contributed by atoms with Crippen LogP contribution in [0.25, 0.3) is 0 Å². The fourth-order valence-electron chi connectivity index (χ4n) is 1.83. The molecule has 0 N–H and O–H groups in total. The monoisotopic (exact) mass is 225 g/mol. The van der Waals surface area contributed by atoms with Crippen LogP contribution < -0.4 is 0 Å². The maximum absolute atomic E-state index is 12.1. The van der Waals surface area contributed by atoms with Gasteiger partial charge in [-0.3, -0.25) is 14.6 Å². The highest BCUT2D eigenvalue weighted by Gasteiger charge is 2.32. The number of hydrogen-bond acceptors (Lipinski definition) is 5. The lowest BCUT2D eigenvalue weighted by molar-refractivity contribution is 0.0971. The lowest BCUT2D eigenvalue weighted by Crippen LogP contribution is -2.24. The first-order chi connectivity index (χ1) is 8.18. The molecule has 2 aromatic rings. The molecule has 17 heavy (non-hydrogen) atoms. The second-order valence-electron chi connectivity index (χ2n) is 3.79. The van der Waals surface area contributed by atoms with Crippen LogP contribution in [0.2, 0.25) is 0 Å². The molecule has 0 aromatic carbocycles. The number of aryl methyl sites for hydroxylation is 1. The van der Waals surface area contributed by atoms with E-state index in [0.29, 0.717) is 16.8 Å². The van der Waals surface area contributed by atoms with Crippen molar-refractivity contribution in [3.05, 3.63) is 52.9 Å². The highest BCUT2D eigenvalue weighted by atomic mass is 16.1. The summed E-state index contributed by atoms with van der Waals surface area (Å²) in [5.41, 5.74) is 1.50. The van der Waals surface area contributed by atoms with Gasteiger partial charge in [-0.25, -0.2) is 9.97 Å². The van der Waals surface area contributed by atoms with E-state index in [1.807, 2.05) is 0 Å². The van der Waals surface area contributed by atoms with Gasteiger partial charge in [0, 0.05) is 24.2 Å². The van der Waals surface area contributed by atoms with E-state index < -0.39 is 0 Å². The number of carbonyl (C=O) groups is 2. The topological polar surface area (TPSA) is 72.8 Å². The third kappa shape index (κ3) is 1.29. The number of carbonyl (C=O) groups excluding carboxylic acids is 2. The van der Waals surface area contributed by atoms with E-state index in [2.05, 4.69) is 15.0 Å². The highest BCUT2D eigenvalue weighted by Crippen LogP contribution is 2.23. The number of pyridine rings is 1. The van der Waals surface area contributed by atoms with Gasteiger partial charge in [-0.05, 0) is 13.0 Å². The van der Waals surface area contributed by atoms with Gasteiger partial charge in [-0.15, -0.1) is 0 Å². The zero-order valence-corrected chi connectivity index (χ0v) is 8.97. The van der Waals surface area contributed by atoms with Crippen LogP contribution in [-0.2, 0) is 0 Å². The van der Waals surface area contributed by atoms with Crippen molar-refractivity contribution in [1.29, 1.82) is 0 Å². The average molecular weight is 225 g/mol. The zero-order chi connectivity index (χ0) is 12.0. The van der Waals surface area contributed by atoms with Gasteiger partial charge in [-0.2, -0.15) is 0 Å². The quantitative estimate of drug-likeness (QED) is 0.569. The van der Waals surface area contributed by atoms with Gasteiger partial charge in [0.15, 0.2) is 0 Å². The van der Waals surface area contributed by atoms with E-state index in [4.69, 9.17) is 0 Å². The molecule has 1 aliphatic rings. The van der Waals surface area contributed by atoms with Crippen LogP contribution in [0.15, 0.2) is 24.7 Å². The first-order valence-electron chi connectivity index (χ1n) is 5.05. The molecule has 0 bridgehead atoms. The van der Waals surface area contributed by atoms with Crippen LogP contribution >= 0.6 is 0 Å². The Morgan fingerprint density at radius 3 is 2.59 bits per heavy atom. The van der Waals surface area contributed by atoms with Gasteiger partial charge < -0.3 is 0 Å². The molecular weight excluding hydrogens is 218 g/mol. The number of nitrogens with zero attached hydrogens (tertiary/aromatic N) is 3. The summed E-state index contributed by atoms with van der Waals surface area (Å²) < 4.78 is 0. The molecule has 0 atom stereocenters. The SMILES string of the molecule is Cc1cnc2c(n1)C(=O)c1ccncc1C2=O. The molecular formula is C12H7N3O2. The van der Waals surface area contributed by atoms with Crippen molar-refractivity contribution >= 4 is 11.6 Å². The molecule has 1 aliphatic carbocycles. The summed E-state index contributed by atoms with van der Waals surface area (Å²) in [7, 11) is 0. The van der Waals surface area contributed by atoms with E-state index in [1.165, 1.54) is 24.7 Å². The molecule has 82 valence electrons.